The third-order valence-corrected chi connectivity index (χ3v) is 3.29. The quantitative estimate of drug-likeness (QED) is 0.650. The van der Waals surface area contributed by atoms with Crippen LogP contribution >= 0.6 is 11.6 Å². The second-order valence-corrected chi connectivity index (χ2v) is 4.25. The first-order valence-electron chi connectivity index (χ1n) is 5.21. The van der Waals surface area contributed by atoms with Gasteiger partial charge in [0.25, 0.3) is 0 Å². The highest BCUT2D eigenvalue weighted by Gasteiger charge is 2.29. The molecule has 0 amide bonds. The summed E-state index contributed by atoms with van der Waals surface area (Å²) in [7, 11) is 4.04. The fourth-order valence-electron chi connectivity index (χ4n) is 2.08. The van der Waals surface area contributed by atoms with Crippen LogP contribution in [-0.2, 0) is 0 Å². The molecule has 1 aromatic rings. The molecule has 0 fully saturated rings. The van der Waals surface area contributed by atoms with Crippen LogP contribution in [0, 0.1) is 0 Å². The fraction of sp³-hybridized carbons (Fsp3) is 0.455. The van der Waals surface area contributed by atoms with Crippen LogP contribution in [0.4, 0.5) is 11.5 Å². The average molecular weight is 239 g/mol. The number of rotatable bonds is 0. The van der Waals surface area contributed by atoms with E-state index in [0.717, 1.165) is 11.5 Å². The van der Waals surface area contributed by atoms with Gasteiger partial charge in [0.05, 0.1) is 12.2 Å². The van der Waals surface area contributed by atoms with Crippen molar-refractivity contribution in [3.8, 4) is 0 Å². The van der Waals surface area contributed by atoms with E-state index in [-0.39, 0.29) is 11.3 Å². The standard InChI is InChI=1S/C11H15ClN4/c1-5-8-7(2)15(3)10-9(16(8)4)6-13-11(12)14-10/h5-7H,1-4H3. The van der Waals surface area contributed by atoms with Gasteiger partial charge in [0.2, 0.25) is 5.28 Å². The monoisotopic (exact) mass is 238 g/mol. The molecule has 1 aliphatic rings. The summed E-state index contributed by atoms with van der Waals surface area (Å²) in [5.41, 5.74) is 2.22. The second kappa shape index (κ2) is 3.94. The lowest BCUT2D eigenvalue weighted by Gasteiger charge is -2.40. The summed E-state index contributed by atoms with van der Waals surface area (Å²) in [6.07, 6.45) is 3.87. The Hall–Kier alpha value is -1.29. The van der Waals surface area contributed by atoms with Gasteiger partial charge in [0, 0.05) is 19.8 Å². The minimum atomic E-state index is 0.286. The molecule has 1 atom stereocenters. The third-order valence-electron chi connectivity index (χ3n) is 3.11. The van der Waals surface area contributed by atoms with Crippen LogP contribution in [0.5, 0.6) is 0 Å². The largest absolute Gasteiger partial charge is 0.350 e. The van der Waals surface area contributed by atoms with Crippen molar-refractivity contribution in [1.82, 2.24) is 9.97 Å². The van der Waals surface area contributed by atoms with Gasteiger partial charge in [-0.05, 0) is 25.4 Å². The maximum atomic E-state index is 5.83. The highest BCUT2D eigenvalue weighted by atomic mass is 35.5. The molecule has 0 radical (unpaired) electrons. The number of hydrogen-bond donors (Lipinski definition) is 0. The van der Waals surface area contributed by atoms with Crippen LogP contribution in [0.1, 0.15) is 13.8 Å². The average Bonchev–Trinajstić information content (AvgIpc) is 2.27. The van der Waals surface area contributed by atoms with Gasteiger partial charge in [0.1, 0.15) is 5.69 Å². The van der Waals surface area contributed by atoms with Gasteiger partial charge in [-0.2, -0.15) is 4.98 Å². The molecular formula is C11H15ClN4. The lowest BCUT2D eigenvalue weighted by Crippen LogP contribution is -2.42. The van der Waals surface area contributed by atoms with Gasteiger partial charge in [-0.25, -0.2) is 4.98 Å². The van der Waals surface area contributed by atoms with E-state index >= 15 is 0 Å². The first-order chi connectivity index (χ1) is 7.56. The highest BCUT2D eigenvalue weighted by molar-refractivity contribution is 6.28. The molecule has 2 heterocycles. The summed E-state index contributed by atoms with van der Waals surface area (Å²) < 4.78 is 0. The van der Waals surface area contributed by atoms with Crippen molar-refractivity contribution < 1.29 is 0 Å². The summed E-state index contributed by atoms with van der Waals surface area (Å²) in [5, 5.41) is 0.287. The zero-order chi connectivity index (χ0) is 11.9. The fourth-order valence-corrected chi connectivity index (χ4v) is 2.21. The van der Waals surface area contributed by atoms with Crippen LogP contribution in [0.3, 0.4) is 0 Å². The van der Waals surface area contributed by atoms with E-state index in [2.05, 4.69) is 32.8 Å². The number of halogens is 1. The molecule has 1 unspecified atom stereocenters. The summed E-state index contributed by atoms with van der Waals surface area (Å²) >= 11 is 5.83. The molecule has 0 saturated carbocycles. The molecule has 0 aliphatic carbocycles. The number of likely N-dealkylation sites (N-methyl/N-ethyl adjacent to an activating group) is 2. The van der Waals surface area contributed by atoms with Crippen molar-refractivity contribution in [3.05, 3.63) is 23.3 Å². The summed E-state index contributed by atoms with van der Waals surface area (Å²) in [6, 6.07) is 0.286. The van der Waals surface area contributed by atoms with E-state index in [0.29, 0.717) is 0 Å². The number of hydrogen-bond acceptors (Lipinski definition) is 4. The van der Waals surface area contributed by atoms with Crippen molar-refractivity contribution in [2.75, 3.05) is 23.9 Å². The minimum Gasteiger partial charge on any atom is -0.350 e. The van der Waals surface area contributed by atoms with Gasteiger partial charge in [-0.1, -0.05) is 6.08 Å². The van der Waals surface area contributed by atoms with Crippen LogP contribution in [0.15, 0.2) is 18.0 Å². The van der Waals surface area contributed by atoms with E-state index in [1.54, 1.807) is 6.20 Å². The van der Waals surface area contributed by atoms with Gasteiger partial charge < -0.3 is 9.80 Å². The number of aromatic nitrogens is 2. The second-order valence-electron chi connectivity index (χ2n) is 3.91. The van der Waals surface area contributed by atoms with Crippen molar-refractivity contribution in [1.29, 1.82) is 0 Å². The summed E-state index contributed by atoms with van der Waals surface area (Å²) in [6.45, 7) is 4.18. The minimum absolute atomic E-state index is 0.286. The summed E-state index contributed by atoms with van der Waals surface area (Å²) in [5.74, 6) is 0.876. The van der Waals surface area contributed by atoms with Crippen LogP contribution < -0.4 is 9.80 Å². The van der Waals surface area contributed by atoms with E-state index in [1.165, 1.54) is 5.70 Å². The third kappa shape index (κ3) is 1.53. The Labute approximate surface area is 101 Å². The van der Waals surface area contributed by atoms with Gasteiger partial charge in [-0.15, -0.1) is 0 Å². The van der Waals surface area contributed by atoms with Gasteiger partial charge >= 0.3 is 0 Å². The normalized spacial score (nSPS) is 22.6. The molecule has 2 rings (SSSR count). The Morgan fingerprint density at radius 1 is 1.44 bits per heavy atom. The zero-order valence-corrected chi connectivity index (χ0v) is 10.7. The van der Waals surface area contributed by atoms with Crippen molar-refractivity contribution in [2.45, 2.75) is 19.9 Å². The number of nitrogens with zero attached hydrogens (tertiary/aromatic N) is 4. The van der Waals surface area contributed by atoms with Gasteiger partial charge in [0.15, 0.2) is 5.82 Å². The molecule has 16 heavy (non-hydrogen) atoms. The molecular weight excluding hydrogens is 224 g/mol. The molecule has 0 spiro atoms. The smallest absolute Gasteiger partial charge is 0.224 e. The molecule has 5 heteroatoms. The Kier molecular flexibility index (Phi) is 2.76. The maximum absolute atomic E-state index is 5.83. The maximum Gasteiger partial charge on any atom is 0.224 e. The molecule has 0 saturated heterocycles. The SMILES string of the molecule is CC=C1C(C)N(C)c2nc(Cl)ncc2N1C. The van der Waals surface area contributed by atoms with E-state index in [4.69, 9.17) is 11.6 Å². The number of allylic oxidation sites excluding steroid dienone is 1. The van der Waals surface area contributed by atoms with Crippen molar-refractivity contribution in [3.63, 3.8) is 0 Å². The summed E-state index contributed by atoms with van der Waals surface area (Å²) in [4.78, 5) is 12.5. The van der Waals surface area contributed by atoms with Crippen LogP contribution in [0.25, 0.3) is 0 Å². The Bertz CT molecular complexity index is 444. The van der Waals surface area contributed by atoms with E-state index in [9.17, 15) is 0 Å². The molecule has 86 valence electrons. The predicted molar refractivity (Wildman–Crippen MR) is 67.1 cm³/mol. The van der Waals surface area contributed by atoms with Crippen molar-refractivity contribution in [2.24, 2.45) is 0 Å². The number of fused-ring (bicyclic) bond motifs is 1. The predicted octanol–water partition coefficient (Wildman–Crippen LogP) is 2.31. The van der Waals surface area contributed by atoms with Crippen molar-refractivity contribution >= 4 is 23.1 Å². The molecule has 1 aromatic heterocycles. The van der Waals surface area contributed by atoms with Crippen LogP contribution in [0.2, 0.25) is 5.28 Å². The zero-order valence-electron chi connectivity index (χ0n) is 9.90. The van der Waals surface area contributed by atoms with E-state index in [1.807, 2.05) is 21.0 Å². The Morgan fingerprint density at radius 3 is 2.75 bits per heavy atom. The molecule has 0 bridgehead atoms. The lowest BCUT2D eigenvalue weighted by atomic mass is 10.1. The lowest BCUT2D eigenvalue weighted by molar-refractivity contribution is 0.710. The highest BCUT2D eigenvalue weighted by Crippen LogP contribution is 2.36. The first kappa shape index (κ1) is 11.2. The molecule has 0 aromatic carbocycles. The van der Waals surface area contributed by atoms with Gasteiger partial charge in [-0.3, -0.25) is 0 Å². The topological polar surface area (TPSA) is 32.3 Å². The Morgan fingerprint density at radius 2 is 2.12 bits per heavy atom. The molecule has 4 nitrogen and oxygen atoms in total. The number of anilines is 2. The van der Waals surface area contributed by atoms with E-state index < -0.39 is 0 Å². The Balaban J connectivity index is 2.59. The first-order valence-corrected chi connectivity index (χ1v) is 5.59. The van der Waals surface area contributed by atoms with Crippen LogP contribution in [-0.4, -0.2) is 30.1 Å². The molecule has 1 aliphatic heterocycles. The molecule has 0 N–H and O–H groups in total.